The van der Waals surface area contributed by atoms with Gasteiger partial charge in [-0.2, -0.15) is 0 Å². The van der Waals surface area contributed by atoms with Crippen LogP contribution in [0.1, 0.15) is 50.3 Å². The summed E-state index contributed by atoms with van der Waals surface area (Å²) in [5, 5.41) is 17.1. The van der Waals surface area contributed by atoms with Crippen LogP contribution in [0.15, 0.2) is 45.8 Å². The van der Waals surface area contributed by atoms with Crippen LogP contribution < -0.4 is 10.6 Å². The van der Waals surface area contributed by atoms with Crippen molar-refractivity contribution in [2.24, 2.45) is 4.99 Å². The van der Waals surface area contributed by atoms with Crippen LogP contribution in [0.2, 0.25) is 0 Å². The van der Waals surface area contributed by atoms with Crippen molar-refractivity contribution in [1.29, 1.82) is 0 Å². The van der Waals surface area contributed by atoms with Gasteiger partial charge in [-0.1, -0.05) is 38.1 Å². The van der Waals surface area contributed by atoms with Gasteiger partial charge in [0.25, 0.3) is 0 Å². The third kappa shape index (κ3) is 8.28. The second-order valence-electron chi connectivity index (χ2n) is 7.51. The number of hydrogen-bond acceptors (Lipinski definition) is 4. The zero-order valence-corrected chi connectivity index (χ0v) is 21.2. The standard InChI is InChI=1S/C23H36N4O2.HI/c1-6-24-22(26-17-23(5,28)21-14-9-18(4)29-21)25-15-19-10-12-20(13-11-19)16-27(7-2)8-3;/h9-14,28H,6-8,15-17H2,1-5H3,(H2,24,25,26);1H. The van der Waals surface area contributed by atoms with Gasteiger partial charge >= 0.3 is 0 Å². The Morgan fingerprint density at radius 1 is 1.03 bits per heavy atom. The second-order valence-corrected chi connectivity index (χ2v) is 7.51. The maximum atomic E-state index is 10.7. The zero-order valence-electron chi connectivity index (χ0n) is 18.9. The summed E-state index contributed by atoms with van der Waals surface area (Å²) in [5.41, 5.74) is 1.35. The van der Waals surface area contributed by atoms with Gasteiger partial charge < -0.3 is 20.2 Å². The highest BCUT2D eigenvalue weighted by atomic mass is 127. The summed E-state index contributed by atoms with van der Waals surface area (Å²) in [6, 6.07) is 12.3. The van der Waals surface area contributed by atoms with Crippen LogP contribution in [0.25, 0.3) is 0 Å². The molecule has 2 rings (SSSR count). The van der Waals surface area contributed by atoms with E-state index in [1.165, 1.54) is 5.56 Å². The number of aryl methyl sites for hydroxylation is 1. The SMILES string of the molecule is CCNC(=NCc1ccc(CN(CC)CC)cc1)NCC(C)(O)c1ccc(C)o1.I. The number of benzene rings is 1. The van der Waals surface area contributed by atoms with E-state index in [4.69, 9.17) is 4.42 Å². The Morgan fingerprint density at radius 2 is 1.67 bits per heavy atom. The Balaban J connectivity index is 0.00000450. The lowest BCUT2D eigenvalue weighted by molar-refractivity contribution is 0.0378. The molecular formula is C23H37IN4O2. The van der Waals surface area contributed by atoms with E-state index >= 15 is 0 Å². The highest BCUT2D eigenvalue weighted by Crippen LogP contribution is 2.21. The average molecular weight is 528 g/mol. The monoisotopic (exact) mass is 528 g/mol. The molecule has 1 aromatic heterocycles. The molecule has 0 aliphatic rings. The van der Waals surface area contributed by atoms with E-state index in [0.29, 0.717) is 24.8 Å². The molecule has 0 spiro atoms. The van der Waals surface area contributed by atoms with Gasteiger partial charge in [0, 0.05) is 13.1 Å². The fraction of sp³-hybridized carbons (Fsp3) is 0.522. The molecule has 0 saturated carbocycles. The van der Waals surface area contributed by atoms with Gasteiger partial charge in [0.1, 0.15) is 17.1 Å². The normalized spacial score (nSPS) is 13.6. The molecule has 30 heavy (non-hydrogen) atoms. The number of guanidine groups is 1. The highest BCUT2D eigenvalue weighted by molar-refractivity contribution is 14.0. The molecule has 1 aromatic carbocycles. The first-order valence-corrected chi connectivity index (χ1v) is 10.5. The van der Waals surface area contributed by atoms with Crippen LogP contribution in [0.3, 0.4) is 0 Å². The van der Waals surface area contributed by atoms with Crippen LogP contribution in [0, 0.1) is 6.92 Å². The fourth-order valence-corrected chi connectivity index (χ4v) is 3.03. The zero-order chi connectivity index (χ0) is 21.3. The number of rotatable bonds is 10. The van der Waals surface area contributed by atoms with Crippen LogP contribution in [0.5, 0.6) is 0 Å². The third-order valence-electron chi connectivity index (χ3n) is 4.96. The highest BCUT2D eigenvalue weighted by Gasteiger charge is 2.27. The Morgan fingerprint density at radius 3 is 2.20 bits per heavy atom. The van der Waals surface area contributed by atoms with Gasteiger partial charge in [-0.15, -0.1) is 24.0 Å². The number of furan rings is 1. The lowest BCUT2D eigenvalue weighted by Gasteiger charge is -2.23. The Labute approximate surface area is 198 Å². The molecule has 0 aliphatic carbocycles. The number of hydrogen-bond donors (Lipinski definition) is 3. The minimum atomic E-state index is -1.11. The molecule has 0 bridgehead atoms. The van der Waals surface area contributed by atoms with Gasteiger partial charge in [0.15, 0.2) is 5.96 Å². The van der Waals surface area contributed by atoms with E-state index in [-0.39, 0.29) is 24.0 Å². The van der Waals surface area contributed by atoms with E-state index in [1.807, 2.05) is 19.9 Å². The van der Waals surface area contributed by atoms with Crippen LogP contribution in [-0.2, 0) is 18.7 Å². The summed E-state index contributed by atoms with van der Waals surface area (Å²) in [6.45, 7) is 14.7. The molecule has 7 heteroatoms. The van der Waals surface area contributed by atoms with Gasteiger partial charge in [0.05, 0.1) is 13.1 Å². The van der Waals surface area contributed by atoms with Gasteiger partial charge in [-0.05, 0) is 57.1 Å². The molecule has 0 radical (unpaired) electrons. The molecule has 0 saturated heterocycles. The molecule has 1 unspecified atom stereocenters. The average Bonchev–Trinajstić information content (AvgIpc) is 3.16. The summed E-state index contributed by atoms with van der Waals surface area (Å²) in [6.07, 6.45) is 0. The minimum absolute atomic E-state index is 0. The Bertz CT molecular complexity index is 768. The molecule has 3 N–H and O–H groups in total. The van der Waals surface area contributed by atoms with Crippen molar-refractivity contribution < 1.29 is 9.52 Å². The smallest absolute Gasteiger partial charge is 0.191 e. The summed E-state index contributed by atoms with van der Waals surface area (Å²) >= 11 is 0. The molecule has 0 amide bonds. The maximum absolute atomic E-state index is 10.7. The number of aliphatic imine (C=N–C) groups is 1. The first-order chi connectivity index (χ1) is 13.9. The van der Waals surface area contributed by atoms with Crippen molar-refractivity contribution >= 4 is 29.9 Å². The minimum Gasteiger partial charge on any atom is -0.463 e. The summed E-state index contributed by atoms with van der Waals surface area (Å²) in [5.74, 6) is 2.00. The van der Waals surface area contributed by atoms with Crippen molar-refractivity contribution in [2.75, 3.05) is 26.2 Å². The van der Waals surface area contributed by atoms with E-state index in [1.54, 1.807) is 13.0 Å². The Hall–Kier alpha value is -1.58. The van der Waals surface area contributed by atoms with Crippen LogP contribution >= 0.6 is 24.0 Å². The van der Waals surface area contributed by atoms with E-state index in [0.717, 1.165) is 37.5 Å². The number of nitrogens with zero attached hydrogens (tertiary/aromatic N) is 2. The molecular weight excluding hydrogens is 491 g/mol. The van der Waals surface area contributed by atoms with Crippen molar-refractivity contribution in [2.45, 2.75) is 53.3 Å². The van der Waals surface area contributed by atoms with Crippen LogP contribution in [-0.4, -0.2) is 42.1 Å². The lowest BCUT2D eigenvalue weighted by Crippen LogP contribution is -2.44. The van der Waals surface area contributed by atoms with Crippen molar-refractivity contribution in [1.82, 2.24) is 15.5 Å². The molecule has 1 atom stereocenters. The number of halogens is 1. The van der Waals surface area contributed by atoms with Gasteiger partial charge in [-0.25, -0.2) is 4.99 Å². The van der Waals surface area contributed by atoms with Crippen molar-refractivity contribution in [3.8, 4) is 0 Å². The molecule has 168 valence electrons. The largest absolute Gasteiger partial charge is 0.463 e. The summed E-state index contributed by atoms with van der Waals surface area (Å²) in [4.78, 5) is 7.05. The van der Waals surface area contributed by atoms with Crippen molar-refractivity contribution in [3.63, 3.8) is 0 Å². The van der Waals surface area contributed by atoms with E-state index in [2.05, 4.69) is 58.6 Å². The topological polar surface area (TPSA) is 73.0 Å². The van der Waals surface area contributed by atoms with E-state index in [9.17, 15) is 5.11 Å². The fourth-order valence-electron chi connectivity index (χ4n) is 3.03. The van der Waals surface area contributed by atoms with Gasteiger partial charge in [0.2, 0.25) is 0 Å². The predicted octanol–water partition coefficient (Wildman–Crippen LogP) is 4.01. The molecule has 6 nitrogen and oxygen atoms in total. The third-order valence-corrected chi connectivity index (χ3v) is 4.96. The number of nitrogens with one attached hydrogen (secondary N) is 2. The number of aliphatic hydroxyl groups is 1. The van der Waals surface area contributed by atoms with Crippen molar-refractivity contribution in [3.05, 3.63) is 59.0 Å². The molecule has 1 heterocycles. The molecule has 0 fully saturated rings. The second kappa shape index (κ2) is 13.0. The molecule has 2 aromatic rings. The maximum Gasteiger partial charge on any atom is 0.191 e. The first-order valence-electron chi connectivity index (χ1n) is 10.5. The lowest BCUT2D eigenvalue weighted by atomic mass is 10.0. The van der Waals surface area contributed by atoms with Gasteiger partial charge in [-0.3, -0.25) is 4.90 Å². The predicted molar refractivity (Wildman–Crippen MR) is 134 cm³/mol. The quantitative estimate of drug-likeness (QED) is 0.247. The summed E-state index contributed by atoms with van der Waals surface area (Å²) < 4.78 is 5.57. The first kappa shape index (κ1) is 26.5. The summed E-state index contributed by atoms with van der Waals surface area (Å²) in [7, 11) is 0. The van der Waals surface area contributed by atoms with E-state index < -0.39 is 5.60 Å². The Kier molecular flexibility index (Phi) is 11.4. The van der Waals surface area contributed by atoms with Crippen LogP contribution in [0.4, 0.5) is 0 Å². The molecule has 0 aliphatic heterocycles.